The molecule has 0 aromatic carbocycles. The molecule has 1 aromatic heterocycles. The van der Waals surface area contributed by atoms with E-state index >= 15 is 0 Å². The maximum absolute atomic E-state index is 6.05. The van der Waals surface area contributed by atoms with Gasteiger partial charge in [-0.25, -0.2) is 4.68 Å². The second-order valence-electron chi connectivity index (χ2n) is 7.03. The molecule has 6 heteroatoms. The van der Waals surface area contributed by atoms with Crippen LogP contribution in [0.25, 0.3) is 0 Å². The van der Waals surface area contributed by atoms with Crippen LogP contribution in [0.15, 0.2) is 0 Å². The van der Waals surface area contributed by atoms with Crippen molar-refractivity contribution < 1.29 is 4.74 Å². The fourth-order valence-electron chi connectivity index (χ4n) is 2.91. The normalized spacial score (nSPS) is 22.4. The SMILES string of the molecule is CCC1(CC)CC(n2nnnc2CNC(C)(C)C)CCO1. The lowest BCUT2D eigenvalue weighted by Gasteiger charge is -2.40. The molecule has 0 bridgehead atoms. The summed E-state index contributed by atoms with van der Waals surface area (Å²) in [6.07, 6.45) is 4.05. The second kappa shape index (κ2) is 6.40. The van der Waals surface area contributed by atoms with E-state index in [4.69, 9.17) is 4.74 Å². The van der Waals surface area contributed by atoms with Gasteiger partial charge in [-0.2, -0.15) is 0 Å². The Bertz CT molecular complexity index is 447. The van der Waals surface area contributed by atoms with E-state index in [-0.39, 0.29) is 11.1 Å². The quantitative estimate of drug-likeness (QED) is 0.904. The molecule has 2 heterocycles. The van der Waals surface area contributed by atoms with Gasteiger partial charge in [0.15, 0.2) is 5.82 Å². The van der Waals surface area contributed by atoms with Gasteiger partial charge < -0.3 is 10.1 Å². The van der Waals surface area contributed by atoms with Gasteiger partial charge in [0.2, 0.25) is 0 Å². The highest BCUT2D eigenvalue weighted by molar-refractivity contribution is 4.92. The number of tetrazole rings is 1. The van der Waals surface area contributed by atoms with E-state index in [0.717, 1.165) is 38.1 Å². The van der Waals surface area contributed by atoms with Crippen molar-refractivity contribution in [2.24, 2.45) is 0 Å². The topological polar surface area (TPSA) is 64.9 Å². The zero-order valence-corrected chi connectivity index (χ0v) is 14.0. The molecule has 1 unspecified atom stereocenters. The molecule has 120 valence electrons. The molecule has 1 fully saturated rings. The zero-order chi connectivity index (χ0) is 15.5. The molecule has 0 radical (unpaired) electrons. The molecule has 0 spiro atoms. The third-order valence-corrected chi connectivity index (χ3v) is 4.44. The molecule has 0 aliphatic carbocycles. The fraction of sp³-hybridized carbons (Fsp3) is 0.933. The smallest absolute Gasteiger partial charge is 0.165 e. The van der Waals surface area contributed by atoms with Crippen LogP contribution in [-0.2, 0) is 11.3 Å². The van der Waals surface area contributed by atoms with Crippen molar-refractivity contribution in [2.75, 3.05) is 6.61 Å². The van der Waals surface area contributed by atoms with Crippen LogP contribution in [-0.4, -0.2) is 38.0 Å². The summed E-state index contributed by atoms with van der Waals surface area (Å²) >= 11 is 0. The Labute approximate surface area is 127 Å². The van der Waals surface area contributed by atoms with Crippen molar-refractivity contribution in [2.45, 2.75) is 84.0 Å². The zero-order valence-electron chi connectivity index (χ0n) is 14.0. The molecule has 1 aliphatic heterocycles. The van der Waals surface area contributed by atoms with Crippen LogP contribution in [0.2, 0.25) is 0 Å². The summed E-state index contributed by atoms with van der Waals surface area (Å²) in [5, 5.41) is 15.8. The van der Waals surface area contributed by atoms with Crippen LogP contribution in [0, 0.1) is 0 Å². The van der Waals surface area contributed by atoms with E-state index in [0.29, 0.717) is 12.6 Å². The molecule has 21 heavy (non-hydrogen) atoms. The number of aromatic nitrogens is 4. The number of nitrogens with one attached hydrogen (secondary N) is 1. The summed E-state index contributed by atoms with van der Waals surface area (Å²) in [6, 6.07) is 0.338. The fourth-order valence-corrected chi connectivity index (χ4v) is 2.91. The summed E-state index contributed by atoms with van der Waals surface area (Å²) in [6.45, 7) is 12.3. The molecule has 0 saturated carbocycles. The first-order valence-corrected chi connectivity index (χ1v) is 8.05. The van der Waals surface area contributed by atoms with E-state index in [1.54, 1.807) is 0 Å². The molecular weight excluding hydrogens is 266 g/mol. The van der Waals surface area contributed by atoms with E-state index in [2.05, 4.69) is 55.5 Å². The number of hydrogen-bond donors (Lipinski definition) is 1. The largest absolute Gasteiger partial charge is 0.375 e. The van der Waals surface area contributed by atoms with Crippen LogP contribution < -0.4 is 5.32 Å². The van der Waals surface area contributed by atoms with Gasteiger partial charge in [-0.1, -0.05) is 13.8 Å². The van der Waals surface area contributed by atoms with Gasteiger partial charge in [-0.05, 0) is 56.9 Å². The number of rotatable bonds is 5. The molecule has 1 aliphatic rings. The highest BCUT2D eigenvalue weighted by Gasteiger charge is 2.36. The highest BCUT2D eigenvalue weighted by Crippen LogP contribution is 2.37. The lowest BCUT2D eigenvalue weighted by molar-refractivity contribution is -0.101. The number of nitrogens with zero attached hydrogens (tertiary/aromatic N) is 4. The Balaban J connectivity index is 2.10. The monoisotopic (exact) mass is 295 g/mol. The van der Waals surface area contributed by atoms with Crippen LogP contribution in [0.3, 0.4) is 0 Å². The van der Waals surface area contributed by atoms with E-state index in [9.17, 15) is 0 Å². The second-order valence-corrected chi connectivity index (χ2v) is 7.03. The van der Waals surface area contributed by atoms with Gasteiger partial charge in [-0.3, -0.25) is 0 Å². The molecule has 1 aromatic rings. The van der Waals surface area contributed by atoms with Crippen molar-refractivity contribution >= 4 is 0 Å². The molecule has 1 saturated heterocycles. The first kappa shape index (κ1) is 16.4. The Morgan fingerprint density at radius 1 is 1.33 bits per heavy atom. The van der Waals surface area contributed by atoms with Gasteiger partial charge in [0.05, 0.1) is 18.2 Å². The van der Waals surface area contributed by atoms with Crippen molar-refractivity contribution in [3.05, 3.63) is 5.82 Å². The molecular formula is C15H29N5O. The lowest BCUT2D eigenvalue weighted by atomic mass is 9.86. The Morgan fingerprint density at radius 3 is 2.67 bits per heavy atom. The third-order valence-electron chi connectivity index (χ3n) is 4.44. The standard InChI is InChI=1S/C15H29N5O/c1-6-15(7-2)10-12(8-9-21-15)20-13(17-18-19-20)11-16-14(3,4)5/h12,16H,6-11H2,1-5H3. The van der Waals surface area contributed by atoms with Gasteiger partial charge in [0.25, 0.3) is 0 Å². The number of hydrogen-bond acceptors (Lipinski definition) is 5. The van der Waals surface area contributed by atoms with Gasteiger partial charge in [0.1, 0.15) is 0 Å². The lowest BCUT2D eigenvalue weighted by Crippen LogP contribution is -2.41. The minimum atomic E-state index is -0.0103. The third kappa shape index (κ3) is 4.01. The maximum atomic E-state index is 6.05. The highest BCUT2D eigenvalue weighted by atomic mass is 16.5. The van der Waals surface area contributed by atoms with E-state index in [1.807, 2.05) is 4.68 Å². The van der Waals surface area contributed by atoms with Gasteiger partial charge >= 0.3 is 0 Å². The molecule has 0 amide bonds. The van der Waals surface area contributed by atoms with Crippen LogP contribution >= 0.6 is 0 Å². The van der Waals surface area contributed by atoms with Crippen molar-refractivity contribution in [3.8, 4) is 0 Å². The molecule has 2 rings (SSSR count). The van der Waals surface area contributed by atoms with E-state index in [1.165, 1.54) is 0 Å². The first-order chi connectivity index (χ1) is 9.89. The Morgan fingerprint density at radius 2 is 2.05 bits per heavy atom. The summed E-state index contributed by atoms with van der Waals surface area (Å²) in [5.74, 6) is 0.915. The van der Waals surface area contributed by atoms with Gasteiger partial charge in [0, 0.05) is 12.1 Å². The first-order valence-electron chi connectivity index (χ1n) is 8.05. The Hall–Kier alpha value is -1.01. The number of ether oxygens (including phenoxy) is 1. The van der Waals surface area contributed by atoms with Crippen molar-refractivity contribution in [1.29, 1.82) is 0 Å². The van der Waals surface area contributed by atoms with Crippen molar-refractivity contribution in [3.63, 3.8) is 0 Å². The molecule has 1 N–H and O–H groups in total. The molecule has 6 nitrogen and oxygen atoms in total. The van der Waals surface area contributed by atoms with Crippen LogP contribution in [0.5, 0.6) is 0 Å². The summed E-state index contributed by atoms with van der Waals surface area (Å²) in [4.78, 5) is 0. The van der Waals surface area contributed by atoms with Crippen LogP contribution in [0.1, 0.15) is 72.2 Å². The average molecular weight is 295 g/mol. The molecule has 1 atom stereocenters. The minimum absolute atomic E-state index is 0.0103. The minimum Gasteiger partial charge on any atom is -0.375 e. The van der Waals surface area contributed by atoms with Crippen LogP contribution in [0.4, 0.5) is 0 Å². The van der Waals surface area contributed by atoms with Gasteiger partial charge in [-0.15, -0.1) is 5.10 Å². The van der Waals surface area contributed by atoms with Crippen molar-refractivity contribution in [1.82, 2.24) is 25.5 Å². The average Bonchev–Trinajstić information content (AvgIpc) is 2.93. The predicted octanol–water partition coefficient (Wildman–Crippen LogP) is 2.47. The summed E-state index contributed by atoms with van der Waals surface area (Å²) < 4.78 is 8.05. The Kier molecular flexibility index (Phi) is 4.99. The predicted molar refractivity (Wildman–Crippen MR) is 81.9 cm³/mol. The van der Waals surface area contributed by atoms with E-state index < -0.39 is 0 Å². The maximum Gasteiger partial charge on any atom is 0.165 e. The summed E-state index contributed by atoms with van der Waals surface area (Å²) in [7, 11) is 0. The summed E-state index contributed by atoms with van der Waals surface area (Å²) in [5.41, 5.74) is 0.0483.